The van der Waals surface area contributed by atoms with Crippen LogP contribution in [0.25, 0.3) is 10.8 Å². The molecule has 0 spiro atoms. The average Bonchev–Trinajstić information content (AvgIpc) is 2.76. The van der Waals surface area contributed by atoms with Crippen molar-refractivity contribution in [2.75, 3.05) is 6.61 Å². The second kappa shape index (κ2) is 10.2. The van der Waals surface area contributed by atoms with Crippen molar-refractivity contribution in [2.24, 2.45) is 11.0 Å². The van der Waals surface area contributed by atoms with Crippen molar-refractivity contribution in [1.82, 2.24) is 10.7 Å². The van der Waals surface area contributed by atoms with Crippen LogP contribution < -0.4 is 10.7 Å². The minimum atomic E-state index is -0.340. The lowest BCUT2D eigenvalue weighted by molar-refractivity contribution is 0.0955. The summed E-state index contributed by atoms with van der Waals surface area (Å²) in [5.74, 6) is 0.150. The fourth-order valence-electron chi connectivity index (χ4n) is 3.43. The Hall–Kier alpha value is -3.22. The highest BCUT2D eigenvalue weighted by Crippen LogP contribution is 2.22. The van der Waals surface area contributed by atoms with Gasteiger partial charge in [0.2, 0.25) is 0 Å². The highest BCUT2D eigenvalue weighted by atomic mass is 16.3. The number of phenolic OH excluding ortho intramolecular Hbond substituents is 1. The molecule has 0 saturated heterocycles. The number of phenols is 1. The van der Waals surface area contributed by atoms with Gasteiger partial charge in [-0.05, 0) is 52.9 Å². The Morgan fingerprint density at radius 2 is 1.84 bits per heavy atom. The van der Waals surface area contributed by atoms with Gasteiger partial charge < -0.3 is 15.5 Å². The maximum Gasteiger partial charge on any atom is 0.271 e. The van der Waals surface area contributed by atoms with Crippen LogP contribution in [0.15, 0.2) is 59.7 Å². The number of aryl methyl sites for hydroxylation is 1. The molecule has 0 fully saturated rings. The molecule has 3 rings (SSSR count). The highest BCUT2D eigenvalue weighted by Gasteiger charge is 2.12. The molecule has 3 aromatic rings. The van der Waals surface area contributed by atoms with Crippen molar-refractivity contribution >= 4 is 22.9 Å². The standard InChI is InChI=1S/C25H29N3O3/c1-16(2)23(15-29)26-13-19-8-9-20(22-7-5-4-6-21(19)22)14-27-28-25(31)18-10-11-24(30)17(3)12-18/h4-12,14,16,23,26,29-30H,13,15H2,1-3H3,(H,28,31)/b27-14+. The maximum absolute atomic E-state index is 12.3. The van der Waals surface area contributed by atoms with Gasteiger partial charge in [0.25, 0.3) is 5.91 Å². The third-order valence-electron chi connectivity index (χ3n) is 5.43. The third-order valence-corrected chi connectivity index (χ3v) is 5.43. The normalized spacial score (nSPS) is 12.5. The number of hydrogen-bond acceptors (Lipinski definition) is 5. The molecule has 1 atom stereocenters. The van der Waals surface area contributed by atoms with Crippen molar-refractivity contribution in [3.05, 3.63) is 76.9 Å². The second-order valence-electron chi connectivity index (χ2n) is 7.97. The van der Waals surface area contributed by atoms with E-state index < -0.39 is 0 Å². The molecule has 0 aliphatic rings. The van der Waals surface area contributed by atoms with Crippen molar-refractivity contribution in [3.8, 4) is 5.75 Å². The fraction of sp³-hybridized carbons (Fsp3) is 0.280. The molecule has 1 amide bonds. The Kier molecular flexibility index (Phi) is 7.39. The first-order valence-electron chi connectivity index (χ1n) is 10.4. The molecular weight excluding hydrogens is 390 g/mol. The maximum atomic E-state index is 12.3. The zero-order chi connectivity index (χ0) is 22.4. The summed E-state index contributed by atoms with van der Waals surface area (Å²) in [6.07, 6.45) is 1.63. The molecule has 6 nitrogen and oxygen atoms in total. The summed E-state index contributed by atoms with van der Waals surface area (Å²) in [4.78, 5) is 12.3. The number of nitrogens with one attached hydrogen (secondary N) is 2. The number of aliphatic hydroxyl groups is 1. The lowest BCUT2D eigenvalue weighted by atomic mass is 9.99. The van der Waals surface area contributed by atoms with Crippen LogP contribution in [0.3, 0.4) is 0 Å². The van der Waals surface area contributed by atoms with E-state index in [2.05, 4.69) is 35.8 Å². The molecule has 0 saturated carbocycles. The quantitative estimate of drug-likeness (QED) is 0.331. The van der Waals surface area contributed by atoms with Crippen LogP contribution in [0.2, 0.25) is 0 Å². The molecule has 0 heterocycles. The molecule has 0 bridgehead atoms. The Bertz CT molecular complexity index is 1090. The number of benzene rings is 3. The van der Waals surface area contributed by atoms with Crippen molar-refractivity contribution in [2.45, 2.75) is 33.4 Å². The molecule has 162 valence electrons. The molecular formula is C25H29N3O3. The number of carbonyl (C=O) groups excluding carboxylic acids is 1. The van der Waals surface area contributed by atoms with E-state index in [1.54, 1.807) is 25.3 Å². The Morgan fingerprint density at radius 3 is 2.52 bits per heavy atom. The van der Waals surface area contributed by atoms with Crippen LogP contribution in [0, 0.1) is 12.8 Å². The van der Waals surface area contributed by atoms with Gasteiger partial charge in [0.05, 0.1) is 12.8 Å². The minimum absolute atomic E-state index is 0.0405. The number of rotatable bonds is 8. The van der Waals surface area contributed by atoms with Crippen LogP contribution in [0.4, 0.5) is 0 Å². The average molecular weight is 420 g/mol. The predicted molar refractivity (Wildman–Crippen MR) is 124 cm³/mol. The van der Waals surface area contributed by atoms with E-state index in [-0.39, 0.29) is 24.3 Å². The molecule has 6 heteroatoms. The summed E-state index contributed by atoms with van der Waals surface area (Å²) in [5, 5.41) is 28.8. The SMILES string of the molecule is Cc1cc(C(=O)N/N=C/c2ccc(CNC(CO)C(C)C)c3ccccc23)ccc1O. The number of hydrazone groups is 1. The predicted octanol–water partition coefficient (Wildman–Crippen LogP) is 3.72. The van der Waals surface area contributed by atoms with Crippen LogP contribution in [0.1, 0.15) is 40.9 Å². The first kappa shape index (κ1) is 22.5. The second-order valence-corrected chi connectivity index (χ2v) is 7.97. The Balaban J connectivity index is 1.77. The lowest BCUT2D eigenvalue weighted by Crippen LogP contribution is -2.36. The molecule has 0 radical (unpaired) electrons. The number of amides is 1. The molecule has 0 aromatic heterocycles. The molecule has 1 unspecified atom stereocenters. The number of carbonyl (C=O) groups is 1. The number of aliphatic hydroxyl groups excluding tert-OH is 1. The first-order chi connectivity index (χ1) is 14.9. The van der Waals surface area contributed by atoms with Gasteiger partial charge in [0.1, 0.15) is 5.75 Å². The molecule has 3 aromatic carbocycles. The van der Waals surface area contributed by atoms with Gasteiger partial charge >= 0.3 is 0 Å². The molecule has 4 N–H and O–H groups in total. The van der Waals surface area contributed by atoms with Crippen LogP contribution >= 0.6 is 0 Å². The van der Waals surface area contributed by atoms with Crippen LogP contribution in [0.5, 0.6) is 5.75 Å². The van der Waals surface area contributed by atoms with E-state index in [0.717, 1.165) is 21.9 Å². The fourth-order valence-corrected chi connectivity index (χ4v) is 3.43. The van der Waals surface area contributed by atoms with Crippen LogP contribution in [-0.2, 0) is 6.54 Å². The van der Waals surface area contributed by atoms with Gasteiger partial charge in [0.15, 0.2) is 0 Å². The van der Waals surface area contributed by atoms with Gasteiger partial charge in [0, 0.05) is 23.7 Å². The van der Waals surface area contributed by atoms with E-state index in [1.165, 1.54) is 6.07 Å². The Labute approximate surface area is 182 Å². The first-order valence-corrected chi connectivity index (χ1v) is 10.4. The Morgan fingerprint density at radius 1 is 1.10 bits per heavy atom. The van der Waals surface area contributed by atoms with Gasteiger partial charge in [-0.3, -0.25) is 4.79 Å². The minimum Gasteiger partial charge on any atom is -0.508 e. The molecule has 31 heavy (non-hydrogen) atoms. The van der Waals surface area contributed by atoms with Gasteiger partial charge in [-0.25, -0.2) is 5.43 Å². The van der Waals surface area contributed by atoms with Crippen molar-refractivity contribution in [3.63, 3.8) is 0 Å². The summed E-state index contributed by atoms with van der Waals surface area (Å²) in [6.45, 7) is 6.65. The van der Waals surface area contributed by atoms with Gasteiger partial charge in [-0.2, -0.15) is 5.10 Å². The summed E-state index contributed by atoms with van der Waals surface area (Å²) in [6, 6.07) is 16.8. The molecule has 0 aliphatic carbocycles. The number of nitrogens with zero attached hydrogens (tertiary/aromatic N) is 1. The van der Waals surface area contributed by atoms with E-state index in [0.29, 0.717) is 23.6 Å². The monoisotopic (exact) mass is 419 g/mol. The van der Waals surface area contributed by atoms with E-state index >= 15 is 0 Å². The number of fused-ring (bicyclic) bond motifs is 1. The van der Waals surface area contributed by atoms with Crippen molar-refractivity contribution in [1.29, 1.82) is 0 Å². The largest absolute Gasteiger partial charge is 0.508 e. The third kappa shape index (κ3) is 5.48. The zero-order valence-electron chi connectivity index (χ0n) is 18.1. The summed E-state index contributed by atoms with van der Waals surface area (Å²) >= 11 is 0. The smallest absolute Gasteiger partial charge is 0.271 e. The van der Waals surface area contributed by atoms with Crippen molar-refractivity contribution < 1.29 is 15.0 Å². The topological polar surface area (TPSA) is 94.0 Å². The van der Waals surface area contributed by atoms with Crippen LogP contribution in [-0.4, -0.2) is 35.0 Å². The number of hydrogen-bond donors (Lipinski definition) is 4. The van der Waals surface area contributed by atoms with Gasteiger partial charge in [-0.15, -0.1) is 0 Å². The zero-order valence-corrected chi connectivity index (χ0v) is 18.1. The van der Waals surface area contributed by atoms with Gasteiger partial charge in [-0.1, -0.05) is 50.2 Å². The lowest BCUT2D eigenvalue weighted by Gasteiger charge is -2.20. The van der Waals surface area contributed by atoms with E-state index in [9.17, 15) is 15.0 Å². The van der Waals surface area contributed by atoms with E-state index in [4.69, 9.17) is 0 Å². The summed E-state index contributed by atoms with van der Waals surface area (Å²) in [5.41, 5.74) is 5.63. The van der Waals surface area contributed by atoms with E-state index in [1.807, 2.05) is 30.3 Å². The summed E-state index contributed by atoms with van der Waals surface area (Å²) < 4.78 is 0. The number of aromatic hydroxyl groups is 1. The molecule has 0 aliphatic heterocycles. The summed E-state index contributed by atoms with van der Waals surface area (Å²) in [7, 11) is 0. The highest BCUT2D eigenvalue weighted by molar-refractivity contribution is 6.02.